The first-order chi connectivity index (χ1) is 56.7. The summed E-state index contributed by atoms with van der Waals surface area (Å²) in [6.07, 6.45) is 0. The highest BCUT2D eigenvalue weighted by Gasteiger charge is 2.36. The Morgan fingerprint density at radius 2 is 0.435 bits per heavy atom. The van der Waals surface area contributed by atoms with Crippen LogP contribution in [0, 0.1) is 0 Å². The van der Waals surface area contributed by atoms with Crippen molar-refractivity contribution in [1.82, 2.24) is 0 Å². The van der Waals surface area contributed by atoms with Crippen LogP contribution in [0.4, 0.5) is 34.1 Å². The lowest BCUT2D eigenvalue weighted by Gasteiger charge is -2.28. The number of fused-ring (bicyclic) bond motifs is 9. The fraction of sp³-hybridized carbons (Fsp3) is 0.0270. The molecule has 0 saturated heterocycles. The van der Waals surface area contributed by atoms with E-state index in [1.807, 2.05) is 12.1 Å². The Balaban J connectivity index is 0.000000149. The van der Waals surface area contributed by atoms with Crippen molar-refractivity contribution in [3.8, 4) is 111 Å². The average molecular weight is 1470 g/mol. The Labute approximate surface area is 670 Å². The van der Waals surface area contributed by atoms with Crippen LogP contribution in [0.15, 0.2) is 446 Å². The molecule has 544 valence electrons. The van der Waals surface area contributed by atoms with E-state index in [1.165, 1.54) is 77.9 Å². The average Bonchev–Trinajstić information content (AvgIpc) is 1.59. The van der Waals surface area contributed by atoms with Crippen molar-refractivity contribution in [2.75, 3.05) is 9.80 Å². The minimum atomic E-state index is -0.0753. The lowest BCUT2D eigenvalue weighted by molar-refractivity contribution is 0.660. The number of furan rings is 2. The second-order valence-corrected chi connectivity index (χ2v) is 30.3. The zero-order valence-corrected chi connectivity index (χ0v) is 63.8. The zero-order valence-electron chi connectivity index (χ0n) is 63.8. The van der Waals surface area contributed by atoms with E-state index in [4.69, 9.17) is 8.83 Å². The molecule has 0 amide bonds. The molecule has 4 nitrogen and oxygen atoms in total. The van der Waals surface area contributed by atoms with Gasteiger partial charge in [0.1, 0.15) is 22.3 Å². The van der Waals surface area contributed by atoms with Crippen molar-refractivity contribution in [3.05, 3.63) is 448 Å². The summed E-state index contributed by atoms with van der Waals surface area (Å²) in [5.74, 6) is 0. The fourth-order valence-corrected chi connectivity index (χ4v) is 17.0. The molecular weight excluding hydrogens is 1390 g/mol. The molecule has 1 aliphatic carbocycles. The van der Waals surface area contributed by atoms with Gasteiger partial charge in [0.15, 0.2) is 0 Å². The molecule has 2 aromatic heterocycles. The van der Waals surface area contributed by atoms with Crippen LogP contribution in [0.3, 0.4) is 0 Å². The Morgan fingerprint density at radius 1 is 0.174 bits per heavy atom. The highest BCUT2D eigenvalue weighted by molar-refractivity contribution is 6.13. The van der Waals surface area contributed by atoms with Gasteiger partial charge in [-0.3, -0.25) is 0 Å². The number of anilines is 6. The van der Waals surface area contributed by atoms with Gasteiger partial charge in [0, 0.05) is 72.2 Å². The molecule has 0 spiro atoms. The van der Waals surface area contributed by atoms with Crippen molar-refractivity contribution in [2.45, 2.75) is 19.3 Å². The number of hydrogen-bond donors (Lipinski definition) is 0. The van der Waals surface area contributed by atoms with Gasteiger partial charge >= 0.3 is 0 Å². The third-order valence-electron chi connectivity index (χ3n) is 23.0. The summed E-state index contributed by atoms with van der Waals surface area (Å²) in [5.41, 5.74) is 36.7. The van der Waals surface area contributed by atoms with E-state index in [1.54, 1.807) is 0 Å². The van der Waals surface area contributed by atoms with Crippen LogP contribution in [0.5, 0.6) is 0 Å². The first kappa shape index (κ1) is 69.4. The second kappa shape index (κ2) is 29.8. The molecule has 0 radical (unpaired) electrons. The van der Waals surface area contributed by atoms with Gasteiger partial charge in [-0.1, -0.05) is 341 Å². The van der Waals surface area contributed by atoms with Crippen molar-refractivity contribution >= 4 is 78.0 Å². The molecule has 20 aromatic rings. The molecule has 1 aliphatic rings. The maximum atomic E-state index is 6.54. The predicted octanol–water partition coefficient (Wildman–Crippen LogP) is 31.4. The van der Waals surface area contributed by atoms with E-state index in [0.29, 0.717) is 0 Å². The normalized spacial score (nSPS) is 12.0. The second-order valence-electron chi connectivity index (χ2n) is 30.3. The van der Waals surface area contributed by atoms with E-state index >= 15 is 0 Å². The predicted molar refractivity (Wildman–Crippen MR) is 483 cm³/mol. The molecule has 115 heavy (non-hydrogen) atoms. The zero-order chi connectivity index (χ0) is 76.8. The molecule has 0 atom stereocenters. The van der Waals surface area contributed by atoms with Crippen LogP contribution in [-0.4, -0.2) is 0 Å². The quantitative estimate of drug-likeness (QED) is 0.102. The fourth-order valence-electron chi connectivity index (χ4n) is 17.0. The summed E-state index contributed by atoms with van der Waals surface area (Å²) in [7, 11) is 0. The summed E-state index contributed by atoms with van der Waals surface area (Å²) in [5, 5.41) is 4.50. The van der Waals surface area contributed by atoms with Gasteiger partial charge in [-0.05, 0) is 220 Å². The maximum Gasteiger partial charge on any atom is 0.143 e. The van der Waals surface area contributed by atoms with E-state index in [9.17, 15) is 0 Å². The lowest BCUT2D eigenvalue weighted by Crippen LogP contribution is -2.16. The first-order valence-electron chi connectivity index (χ1n) is 39.5. The first-order valence-corrected chi connectivity index (χ1v) is 39.5. The number of nitrogens with zero attached hydrogens (tertiary/aromatic N) is 2. The number of para-hydroxylation sites is 4. The van der Waals surface area contributed by atoms with E-state index in [0.717, 1.165) is 123 Å². The monoisotopic (exact) mass is 1470 g/mol. The van der Waals surface area contributed by atoms with Gasteiger partial charge in [-0.2, -0.15) is 0 Å². The summed E-state index contributed by atoms with van der Waals surface area (Å²) in [6.45, 7) is 4.69. The van der Waals surface area contributed by atoms with Crippen LogP contribution in [0.25, 0.3) is 155 Å². The van der Waals surface area contributed by atoms with Gasteiger partial charge in [0.2, 0.25) is 0 Å². The van der Waals surface area contributed by atoms with Crippen molar-refractivity contribution in [3.63, 3.8) is 0 Å². The Morgan fingerprint density at radius 3 is 0.809 bits per heavy atom. The summed E-state index contributed by atoms with van der Waals surface area (Å²) in [6, 6.07) is 157. The van der Waals surface area contributed by atoms with E-state index in [2.05, 4.69) is 448 Å². The molecule has 0 unspecified atom stereocenters. The van der Waals surface area contributed by atoms with Crippen LogP contribution in [-0.2, 0) is 5.41 Å². The minimum Gasteiger partial charge on any atom is -0.455 e. The number of hydrogen-bond acceptors (Lipinski definition) is 4. The van der Waals surface area contributed by atoms with Crippen molar-refractivity contribution < 1.29 is 8.83 Å². The standard InChI is InChI=1S/C57H41NO.C54H37NO/c1-57(2)53-19-11-9-17-48(53)49-34-33-47(37-54(49)57)58(45-15-7-4-8-16-45)46-31-29-41(30-32-46)40-21-23-42(24-22-40)44-35-51(56-52(36-44)50-18-10-12-20-55(50)59-56)43-27-25-39(26-28-43)38-13-5-3-6-14-38;1-4-12-38(13-5-1)40-24-26-45(27-25-40)51-36-46(37-52-50-18-10-11-19-53(50)56-54(51)52)44-22-20-41(21-23-44)43-30-34-49(35-31-43)55(47-16-8-3-9-17-47)48-32-28-42(29-33-48)39-14-6-2-7-15-39/h3-37H,1-2H3;1-37H. The molecule has 21 rings (SSSR count). The number of rotatable bonds is 15. The van der Waals surface area contributed by atoms with Crippen LogP contribution in [0.2, 0.25) is 0 Å². The van der Waals surface area contributed by atoms with Gasteiger partial charge < -0.3 is 18.6 Å². The summed E-state index contributed by atoms with van der Waals surface area (Å²) < 4.78 is 13.1. The van der Waals surface area contributed by atoms with Gasteiger partial charge in [-0.15, -0.1) is 0 Å². The molecule has 18 aromatic carbocycles. The van der Waals surface area contributed by atoms with Crippen LogP contribution < -0.4 is 9.80 Å². The van der Waals surface area contributed by atoms with Gasteiger partial charge in [-0.25, -0.2) is 0 Å². The van der Waals surface area contributed by atoms with Gasteiger partial charge in [0.25, 0.3) is 0 Å². The van der Waals surface area contributed by atoms with Gasteiger partial charge in [0.05, 0.1) is 0 Å². The summed E-state index contributed by atoms with van der Waals surface area (Å²) in [4.78, 5) is 4.68. The molecule has 4 heteroatoms. The maximum absolute atomic E-state index is 6.54. The summed E-state index contributed by atoms with van der Waals surface area (Å²) >= 11 is 0. The van der Waals surface area contributed by atoms with Crippen molar-refractivity contribution in [1.29, 1.82) is 0 Å². The Kier molecular flexibility index (Phi) is 18.0. The molecule has 0 saturated carbocycles. The minimum absolute atomic E-state index is 0.0753. The van der Waals surface area contributed by atoms with Crippen LogP contribution in [0.1, 0.15) is 25.0 Å². The molecule has 0 N–H and O–H groups in total. The SMILES string of the molecule is CC1(C)c2ccccc2-c2ccc(N(c3ccccc3)c3ccc(-c4ccc(-c5cc(-c6ccc(-c7ccccc7)cc6)c6oc7ccccc7c6c5)cc4)cc3)cc21.c1ccc(-c2ccc(-c3cc(-c4ccc(-c5ccc(N(c6ccccc6)c6ccc(-c7ccccc7)cc6)cc5)cc4)cc4c3oc3ccccc34)cc2)cc1. The molecule has 0 fully saturated rings. The molecule has 0 aliphatic heterocycles. The third kappa shape index (κ3) is 13.3. The molecule has 2 heterocycles. The number of benzene rings is 18. The lowest BCUT2D eigenvalue weighted by atomic mass is 9.82. The van der Waals surface area contributed by atoms with E-state index in [-0.39, 0.29) is 5.41 Å². The molecule has 0 bridgehead atoms. The Bertz CT molecular complexity index is 6880. The topological polar surface area (TPSA) is 32.8 Å². The molecular formula is C111H78N2O2. The highest BCUT2D eigenvalue weighted by Crippen LogP contribution is 2.52. The van der Waals surface area contributed by atoms with Crippen LogP contribution >= 0.6 is 0 Å². The third-order valence-corrected chi connectivity index (χ3v) is 23.0. The Hall–Kier alpha value is -14.8. The van der Waals surface area contributed by atoms with E-state index < -0.39 is 0 Å². The van der Waals surface area contributed by atoms with Crippen molar-refractivity contribution in [2.24, 2.45) is 0 Å². The highest BCUT2D eigenvalue weighted by atomic mass is 16.3. The smallest absolute Gasteiger partial charge is 0.143 e. The largest absolute Gasteiger partial charge is 0.455 e.